The molecule has 9 aromatic carbocycles. The molecule has 4 heterocycles. The molecule has 13 rings (SSSR count). The molecule has 0 fully saturated rings. The number of aliphatic imine (C=N–C) groups is 4. The summed E-state index contributed by atoms with van der Waals surface area (Å²) in [5.74, 6) is 4.96. The first-order chi connectivity index (χ1) is 42.8. The Hall–Kier alpha value is -10.9. The van der Waals surface area contributed by atoms with Crippen molar-refractivity contribution in [3.8, 4) is 47.7 Å². The average molecular weight is 1380 g/mol. The van der Waals surface area contributed by atoms with E-state index >= 15 is 0 Å². The molecular weight excluding hydrogens is 1340 g/mol. The Bertz CT molecular complexity index is 4680. The molecule has 18 heteroatoms. The van der Waals surface area contributed by atoms with Crippen LogP contribution >= 0.6 is 37.2 Å². The van der Waals surface area contributed by atoms with E-state index in [4.69, 9.17) is 41.3 Å². The number of hydrogen-bond acceptors (Lipinski definition) is 16. The van der Waals surface area contributed by atoms with Gasteiger partial charge in [-0.1, -0.05) is 72.5 Å². The van der Waals surface area contributed by atoms with E-state index in [9.17, 15) is 28.8 Å². The molecular formula is C70H40I2N4O12. The second-order valence-electron chi connectivity index (χ2n) is 19.4. The van der Waals surface area contributed by atoms with Crippen LogP contribution in [-0.4, -0.2) is 66.1 Å². The summed E-state index contributed by atoms with van der Waals surface area (Å²) in [6.07, 6.45) is 11.0. The van der Waals surface area contributed by atoms with E-state index < -0.39 is 23.9 Å². The monoisotopic (exact) mass is 1380 g/mol. The van der Waals surface area contributed by atoms with Crippen LogP contribution in [-0.2, 0) is 18.9 Å². The van der Waals surface area contributed by atoms with Crippen molar-refractivity contribution in [1.29, 1.82) is 0 Å². The van der Waals surface area contributed by atoms with Crippen molar-refractivity contribution in [3.63, 3.8) is 0 Å². The summed E-state index contributed by atoms with van der Waals surface area (Å²) < 4.78 is 33.5. The third kappa shape index (κ3) is 12.6. The molecule has 0 atom stereocenters. The first kappa shape index (κ1) is 58.8. The van der Waals surface area contributed by atoms with E-state index in [1.54, 1.807) is 127 Å². The van der Waals surface area contributed by atoms with Gasteiger partial charge in [-0.25, -0.2) is 34.2 Å². The number of rotatable bonds is 11. The molecule has 0 aliphatic carbocycles. The minimum atomic E-state index is -0.585. The van der Waals surface area contributed by atoms with Gasteiger partial charge in [-0.3, -0.25) is 14.6 Å². The lowest BCUT2D eigenvalue weighted by Gasteiger charge is -2.10. The summed E-state index contributed by atoms with van der Waals surface area (Å²) in [5, 5.41) is 0. The maximum Gasteiger partial charge on any atom is 0.345 e. The average Bonchev–Trinajstić information content (AvgIpc) is 2.63. The van der Waals surface area contributed by atoms with Gasteiger partial charge in [0, 0.05) is 89.8 Å². The van der Waals surface area contributed by atoms with E-state index in [0.717, 1.165) is 11.3 Å². The van der Waals surface area contributed by atoms with Gasteiger partial charge in [0.05, 0.1) is 61.6 Å². The molecule has 0 radical (unpaired) electrons. The zero-order valence-electron chi connectivity index (χ0n) is 46.1. The Balaban J connectivity index is 0.000000196. The number of benzene rings is 9. The van der Waals surface area contributed by atoms with Crippen LogP contribution in [0.25, 0.3) is 0 Å². The maximum atomic E-state index is 13.8. The smallest absolute Gasteiger partial charge is 0.345 e. The molecule has 0 aromatic heterocycles. The first-order valence-corrected chi connectivity index (χ1v) is 32.8. The molecule has 0 saturated carbocycles. The maximum absolute atomic E-state index is 13.8. The molecule has 16 nitrogen and oxygen atoms in total. The second-order valence-corrected chi connectivity index (χ2v) is 19.4. The van der Waals surface area contributed by atoms with Crippen LogP contribution in [0.15, 0.2) is 214 Å². The number of hydrogen-bond donors (Lipinski definition) is 0. The molecule has 0 bridgehead atoms. The number of nitrogens with zero attached hydrogens (tertiary/aromatic N) is 4. The number of cyclic esters (lactones) is 4. The molecule has 0 N–H and O–H groups in total. The number of ketones is 2. The quantitative estimate of drug-likeness (QED) is 0.0390. The Morgan fingerprint density at radius 3 is 1.08 bits per heavy atom. The molecule has 426 valence electrons. The highest BCUT2D eigenvalue weighted by atomic mass is 128. The summed E-state index contributed by atoms with van der Waals surface area (Å²) in [6, 6.07) is 54.5. The number of ether oxygens (including phenoxy) is 6. The lowest BCUT2D eigenvalue weighted by atomic mass is 9.96. The fourth-order valence-electron chi connectivity index (χ4n) is 9.55. The third-order valence-corrected chi connectivity index (χ3v) is 13.7. The minimum absolute atomic E-state index is 0.0434. The van der Waals surface area contributed by atoms with Gasteiger partial charge < -0.3 is 28.4 Å². The number of fused-ring (bicyclic) bond motifs is 4. The predicted molar refractivity (Wildman–Crippen MR) is 346 cm³/mol. The van der Waals surface area contributed by atoms with Crippen LogP contribution in [0.4, 0.5) is 17.1 Å². The van der Waals surface area contributed by atoms with Gasteiger partial charge in [-0.2, -0.15) is 0 Å². The standard InChI is InChI=1S/C44H26N2O7.C26H14N2O5.I2/c1-3-27-9-5-10-30(21-27)45-41-38-22-28(16-18-36(38)43(48)52-41)40(47)29-17-19-37-39(23-29)42(53-44(37)49)46-31-11-6-13-33(24-31)51-35-15-7-14-34(25-35)50-32-12-4-8-26(2)20-32;1-3-14-5-4-6-17(11-14)28-24-21-13-16(8-10-19(21)26(31)33-24)22(29)15-7-9-18-20(12-15)23(27-2)32-25(18)30;1-2/h1,4-25H,2H3;1,4-13H,2H3;. The molecule has 0 unspecified atom stereocenters. The Kier molecular flexibility index (Phi) is 17.2. The fraction of sp³-hybridized carbons (Fsp3) is 0.0286. The Labute approximate surface area is 526 Å². The summed E-state index contributed by atoms with van der Waals surface area (Å²) in [6.45, 7) is 2.00. The van der Waals surface area contributed by atoms with Gasteiger partial charge in [0.2, 0.25) is 23.6 Å². The number of terminal acetylenes is 2. The van der Waals surface area contributed by atoms with Crippen molar-refractivity contribution in [2.45, 2.75) is 6.92 Å². The SMILES string of the molecule is C#Cc1cccc(N=C2OC(=O)c3ccc(C(=O)c4ccc5c(c4)C(=NC)OC5=O)cc32)c1.C#Cc1cccc(N=C2OC(=O)c3ccc(C(=O)c4ccc5c(c4)C(=Nc4cccc(Oc6cccc(Oc7cccc(C)c7)c6)c4)OC5=O)cc32)c1.II. The predicted octanol–water partition coefficient (Wildman–Crippen LogP) is 14.8. The van der Waals surface area contributed by atoms with Crippen molar-refractivity contribution in [2.75, 3.05) is 7.05 Å². The van der Waals surface area contributed by atoms with Gasteiger partial charge in [-0.15, -0.1) is 12.8 Å². The van der Waals surface area contributed by atoms with E-state index in [-0.39, 0.29) is 57.4 Å². The number of aryl methyl sites for hydroxylation is 1. The van der Waals surface area contributed by atoms with Crippen LogP contribution in [0.1, 0.15) is 112 Å². The van der Waals surface area contributed by atoms with E-state index in [2.05, 4.69) is 69.0 Å². The number of halogens is 2. The summed E-state index contributed by atoms with van der Waals surface area (Å²) in [7, 11) is 1.50. The number of carbonyl (C=O) groups is 6. The highest BCUT2D eigenvalue weighted by Crippen LogP contribution is 2.34. The van der Waals surface area contributed by atoms with E-state index in [1.807, 2.05) is 49.4 Å². The van der Waals surface area contributed by atoms with Crippen molar-refractivity contribution >= 4 is 113 Å². The lowest BCUT2D eigenvalue weighted by Crippen LogP contribution is -2.06. The molecule has 4 aliphatic rings. The lowest BCUT2D eigenvalue weighted by molar-refractivity contribution is 0.0727. The molecule has 0 saturated heterocycles. The second kappa shape index (κ2) is 25.7. The van der Waals surface area contributed by atoms with Crippen molar-refractivity contribution in [3.05, 3.63) is 278 Å². The van der Waals surface area contributed by atoms with Crippen LogP contribution in [0.2, 0.25) is 0 Å². The van der Waals surface area contributed by atoms with E-state index in [1.165, 1.54) is 31.3 Å². The highest BCUT2D eigenvalue weighted by Gasteiger charge is 2.34. The molecule has 0 amide bonds. The summed E-state index contributed by atoms with van der Waals surface area (Å²) in [4.78, 5) is 94.0. The van der Waals surface area contributed by atoms with Gasteiger partial charge in [-0.05, 0) is 134 Å². The van der Waals surface area contributed by atoms with Crippen LogP contribution in [0, 0.1) is 31.6 Å². The zero-order valence-corrected chi connectivity index (χ0v) is 50.4. The van der Waals surface area contributed by atoms with Gasteiger partial charge in [0.15, 0.2) is 11.6 Å². The third-order valence-electron chi connectivity index (χ3n) is 13.7. The summed E-state index contributed by atoms with van der Waals surface area (Å²) in [5.41, 5.74) is 7.90. The largest absolute Gasteiger partial charge is 0.457 e. The van der Waals surface area contributed by atoms with E-state index in [0.29, 0.717) is 89.9 Å². The first-order valence-electron chi connectivity index (χ1n) is 26.5. The van der Waals surface area contributed by atoms with Gasteiger partial charge >= 0.3 is 23.9 Å². The van der Waals surface area contributed by atoms with Gasteiger partial charge in [0.1, 0.15) is 23.0 Å². The number of carbonyl (C=O) groups excluding carboxylic acids is 6. The highest BCUT2D eigenvalue weighted by molar-refractivity contribution is 15.0. The minimum Gasteiger partial charge on any atom is -0.457 e. The summed E-state index contributed by atoms with van der Waals surface area (Å²) >= 11 is 4.24. The van der Waals surface area contributed by atoms with Gasteiger partial charge in [0.25, 0.3) is 0 Å². The van der Waals surface area contributed by atoms with Crippen molar-refractivity contribution in [1.82, 2.24) is 0 Å². The van der Waals surface area contributed by atoms with Crippen LogP contribution in [0.3, 0.4) is 0 Å². The molecule has 9 aromatic rings. The topological polar surface area (TPSA) is 207 Å². The molecule has 0 spiro atoms. The van der Waals surface area contributed by atoms with Crippen LogP contribution < -0.4 is 9.47 Å². The fourth-order valence-corrected chi connectivity index (χ4v) is 9.55. The normalized spacial score (nSPS) is 14.8. The molecule has 88 heavy (non-hydrogen) atoms. The zero-order chi connectivity index (χ0) is 61.6. The Morgan fingerprint density at radius 2 is 0.705 bits per heavy atom. The Morgan fingerprint density at radius 1 is 0.386 bits per heavy atom. The van der Waals surface area contributed by atoms with Crippen molar-refractivity contribution in [2.24, 2.45) is 20.0 Å². The number of esters is 4. The molecule has 4 aliphatic heterocycles. The van der Waals surface area contributed by atoms with Crippen LogP contribution in [0.5, 0.6) is 23.0 Å². The van der Waals surface area contributed by atoms with Crippen molar-refractivity contribution < 1.29 is 57.2 Å².